The molecule has 3 aromatic carbocycles. The number of nitrogens with one attached hydrogen (secondary N) is 1. The number of carbonyl (C=O) groups is 1. The van der Waals surface area contributed by atoms with Crippen LogP contribution in [0.25, 0.3) is 22.0 Å². The zero-order valence-electron chi connectivity index (χ0n) is 19.8. The third kappa shape index (κ3) is 5.54. The van der Waals surface area contributed by atoms with Crippen molar-refractivity contribution in [2.24, 2.45) is 11.1 Å². The summed E-state index contributed by atoms with van der Waals surface area (Å²) in [7, 11) is -4.42. The lowest BCUT2D eigenvalue weighted by Crippen LogP contribution is -2.33. The van der Waals surface area contributed by atoms with Gasteiger partial charge in [-0.3, -0.25) is 9.52 Å². The van der Waals surface area contributed by atoms with Crippen molar-refractivity contribution in [2.75, 3.05) is 4.72 Å². The minimum atomic E-state index is -4.42. The summed E-state index contributed by atoms with van der Waals surface area (Å²) in [6, 6.07) is 8.50. The molecule has 0 saturated carbocycles. The van der Waals surface area contributed by atoms with E-state index >= 15 is 4.39 Å². The van der Waals surface area contributed by atoms with Crippen LogP contribution >= 0.6 is 34.8 Å². The number of halogens is 5. The number of hydrogen-bond donors (Lipinski definition) is 2. The largest absolute Gasteiger partial charge is 0.369 e. The van der Waals surface area contributed by atoms with E-state index in [2.05, 4.69) is 14.7 Å². The third-order valence-electron chi connectivity index (χ3n) is 5.79. The highest BCUT2D eigenvalue weighted by Gasteiger charge is 2.27. The second-order valence-corrected chi connectivity index (χ2v) is 11.9. The van der Waals surface area contributed by atoms with Crippen LogP contribution in [0.1, 0.15) is 19.7 Å². The number of carbonyl (C=O) groups excluding carboxylic acids is 1. The van der Waals surface area contributed by atoms with E-state index in [0.29, 0.717) is 16.7 Å². The number of primary amides is 1. The Labute approximate surface area is 232 Å². The number of fused-ring (bicyclic) bond motifs is 1. The van der Waals surface area contributed by atoms with Gasteiger partial charge >= 0.3 is 0 Å². The van der Waals surface area contributed by atoms with E-state index < -0.39 is 49.1 Å². The number of benzene rings is 3. The van der Waals surface area contributed by atoms with Gasteiger partial charge in [-0.1, -0.05) is 54.7 Å². The zero-order chi connectivity index (χ0) is 28.0. The van der Waals surface area contributed by atoms with Gasteiger partial charge in [-0.05, 0) is 42.0 Å². The molecule has 0 aliphatic carbocycles. The van der Waals surface area contributed by atoms with Crippen LogP contribution in [-0.2, 0) is 21.2 Å². The molecule has 0 aliphatic rings. The van der Waals surface area contributed by atoms with Crippen LogP contribution in [-0.4, -0.2) is 24.3 Å². The van der Waals surface area contributed by atoms with Gasteiger partial charge in [-0.25, -0.2) is 27.2 Å². The molecular weight excluding hydrogens is 581 g/mol. The molecule has 0 atom stereocenters. The lowest BCUT2D eigenvalue weighted by Gasteiger charge is -2.19. The van der Waals surface area contributed by atoms with Gasteiger partial charge < -0.3 is 5.73 Å². The Morgan fingerprint density at radius 3 is 2.39 bits per heavy atom. The standard InChI is InChI=1S/C25H19Cl3F2N4O3S/c1-25(2,24(31)35)10-21-32-11-13-7-12(3-5-18(13)33-21)22-17(29)4-6-19(23(22)30)34-38(36,37)20-9-15(27)14(26)8-16(20)28/h3-9,11,34H,10H2,1-2H3,(H2,31,35). The Hall–Kier alpha value is -3.05. The van der Waals surface area contributed by atoms with E-state index in [4.69, 9.17) is 40.5 Å². The fourth-order valence-electron chi connectivity index (χ4n) is 3.60. The summed E-state index contributed by atoms with van der Waals surface area (Å²) in [5.41, 5.74) is 4.18. The van der Waals surface area contributed by atoms with Crippen molar-refractivity contribution in [3.8, 4) is 11.1 Å². The molecule has 4 aromatic rings. The Kier molecular flexibility index (Phi) is 7.55. The molecular formula is C25H19Cl3F2N4O3S. The van der Waals surface area contributed by atoms with Gasteiger partial charge in [0.2, 0.25) is 5.91 Å². The lowest BCUT2D eigenvalue weighted by molar-refractivity contribution is -0.126. The van der Waals surface area contributed by atoms with Gasteiger partial charge in [0.25, 0.3) is 10.0 Å². The molecule has 1 amide bonds. The second kappa shape index (κ2) is 10.3. The van der Waals surface area contributed by atoms with E-state index in [1.54, 1.807) is 19.9 Å². The maximum absolute atomic E-state index is 15.5. The van der Waals surface area contributed by atoms with Crippen molar-refractivity contribution < 1.29 is 22.0 Å². The molecule has 3 N–H and O–H groups in total. The van der Waals surface area contributed by atoms with Crippen LogP contribution in [0, 0.1) is 17.0 Å². The first-order valence-corrected chi connectivity index (χ1v) is 13.5. The van der Waals surface area contributed by atoms with E-state index in [1.165, 1.54) is 18.3 Å². The van der Waals surface area contributed by atoms with Crippen molar-refractivity contribution in [3.05, 3.63) is 81.2 Å². The van der Waals surface area contributed by atoms with Crippen molar-refractivity contribution in [2.45, 2.75) is 25.2 Å². The zero-order valence-corrected chi connectivity index (χ0v) is 22.9. The predicted molar refractivity (Wildman–Crippen MR) is 144 cm³/mol. The average molecular weight is 600 g/mol. The normalized spacial score (nSPS) is 12.1. The maximum atomic E-state index is 15.5. The number of rotatable bonds is 7. The molecule has 1 heterocycles. The molecule has 13 heteroatoms. The first-order valence-electron chi connectivity index (χ1n) is 10.9. The van der Waals surface area contributed by atoms with Crippen LogP contribution in [0.2, 0.25) is 15.1 Å². The highest BCUT2D eigenvalue weighted by Crippen LogP contribution is 2.36. The Morgan fingerprint density at radius 1 is 1.03 bits per heavy atom. The minimum Gasteiger partial charge on any atom is -0.369 e. The molecule has 38 heavy (non-hydrogen) atoms. The van der Waals surface area contributed by atoms with Crippen molar-refractivity contribution in [1.82, 2.24) is 9.97 Å². The van der Waals surface area contributed by atoms with Gasteiger partial charge in [0.1, 0.15) is 16.5 Å². The van der Waals surface area contributed by atoms with Crippen LogP contribution < -0.4 is 10.5 Å². The average Bonchev–Trinajstić information content (AvgIpc) is 2.83. The van der Waals surface area contributed by atoms with E-state index in [9.17, 15) is 17.6 Å². The molecule has 4 rings (SSSR count). The quantitative estimate of drug-likeness (QED) is 0.239. The second-order valence-electron chi connectivity index (χ2n) is 9.07. The van der Waals surface area contributed by atoms with Crippen molar-refractivity contribution >= 4 is 67.3 Å². The number of nitrogens with zero attached hydrogens (tertiary/aromatic N) is 2. The minimum absolute atomic E-state index is 0.0369. The van der Waals surface area contributed by atoms with Crippen LogP contribution in [0.5, 0.6) is 0 Å². The molecule has 0 aliphatic heterocycles. The van der Waals surface area contributed by atoms with Crippen LogP contribution in [0.4, 0.5) is 14.5 Å². The summed E-state index contributed by atoms with van der Waals surface area (Å²) in [4.78, 5) is 19.9. The summed E-state index contributed by atoms with van der Waals surface area (Å²) in [5.74, 6) is -2.19. The molecule has 0 spiro atoms. The molecule has 198 valence electrons. The van der Waals surface area contributed by atoms with Crippen molar-refractivity contribution in [1.29, 1.82) is 0 Å². The van der Waals surface area contributed by atoms with Crippen LogP contribution in [0.3, 0.4) is 0 Å². The first-order chi connectivity index (χ1) is 17.7. The number of aromatic nitrogens is 2. The number of sulfonamides is 1. The number of anilines is 1. The van der Waals surface area contributed by atoms with E-state index in [1.807, 2.05) is 0 Å². The molecule has 7 nitrogen and oxygen atoms in total. The van der Waals surface area contributed by atoms with Gasteiger partial charge in [0.05, 0.1) is 37.3 Å². The SMILES string of the molecule is CC(C)(Cc1ncc2cc(-c3c(F)ccc(NS(=O)(=O)c4cc(Cl)c(Cl)cc4Cl)c3F)ccc2n1)C(N)=O. The predicted octanol–water partition coefficient (Wildman–Crippen LogP) is 6.39. The van der Waals surface area contributed by atoms with Crippen molar-refractivity contribution in [3.63, 3.8) is 0 Å². The Balaban J connectivity index is 1.71. The first kappa shape index (κ1) is 28.0. The highest BCUT2D eigenvalue weighted by molar-refractivity contribution is 7.92. The van der Waals surface area contributed by atoms with Crippen LogP contribution in [0.15, 0.2) is 53.6 Å². The summed E-state index contributed by atoms with van der Waals surface area (Å²) >= 11 is 17.8. The van der Waals surface area contributed by atoms with Gasteiger partial charge in [0.15, 0.2) is 5.82 Å². The maximum Gasteiger partial charge on any atom is 0.263 e. The van der Waals surface area contributed by atoms with Gasteiger partial charge in [-0.2, -0.15) is 0 Å². The Morgan fingerprint density at radius 2 is 1.71 bits per heavy atom. The highest BCUT2D eigenvalue weighted by atomic mass is 35.5. The summed E-state index contributed by atoms with van der Waals surface area (Å²) in [6.45, 7) is 3.35. The molecule has 0 radical (unpaired) electrons. The summed E-state index contributed by atoms with van der Waals surface area (Å²) < 4.78 is 58.2. The van der Waals surface area contributed by atoms with E-state index in [-0.39, 0.29) is 27.1 Å². The summed E-state index contributed by atoms with van der Waals surface area (Å²) in [6.07, 6.45) is 1.67. The van der Waals surface area contributed by atoms with E-state index in [0.717, 1.165) is 24.3 Å². The number of hydrogen-bond acceptors (Lipinski definition) is 5. The van der Waals surface area contributed by atoms with Gasteiger partial charge in [0, 0.05) is 18.0 Å². The lowest BCUT2D eigenvalue weighted by atomic mass is 9.88. The number of amides is 1. The smallest absolute Gasteiger partial charge is 0.263 e. The van der Waals surface area contributed by atoms with Gasteiger partial charge in [-0.15, -0.1) is 0 Å². The fraction of sp³-hybridized carbons (Fsp3) is 0.160. The molecule has 0 unspecified atom stereocenters. The molecule has 0 fully saturated rings. The number of nitrogens with two attached hydrogens (primary N) is 1. The topological polar surface area (TPSA) is 115 Å². The molecule has 1 aromatic heterocycles. The summed E-state index contributed by atoms with van der Waals surface area (Å²) in [5, 5.41) is 0.199. The molecule has 0 bridgehead atoms. The Bertz CT molecular complexity index is 1720. The fourth-order valence-corrected chi connectivity index (χ4v) is 5.66. The molecule has 0 saturated heterocycles. The third-order valence-corrected chi connectivity index (χ3v) is 8.34. The monoisotopic (exact) mass is 598 g/mol.